The Kier molecular flexibility index (Phi) is 4.03. The maximum absolute atomic E-state index is 12.8. The highest BCUT2D eigenvalue weighted by Crippen LogP contribution is 2.28. The van der Waals surface area contributed by atoms with Crippen LogP contribution in [0.5, 0.6) is 0 Å². The van der Waals surface area contributed by atoms with Gasteiger partial charge in [0, 0.05) is 18.5 Å². The number of rotatable bonds is 4. The number of aryl methyl sites for hydroxylation is 2. The molecule has 1 aromatic carbocycles. The van der Waals surface area contributed by atoms with Gasteiger partial charge < -0.3 is 9.09 Å². The number of carbonyl (C=O) groups is 1. The number of nitrogens with one attached hydrogen (secondary N) is 1. The van der Waals surface area contributed by atoms with E-state index in [1.165, 1.54) is 0 Å². The fourth-order valence-corrected chi connectivity index (χ4v) is 3.54. The van der Waals surface area contributed by atoms with E-state index in [1.807, 2.05) is 28.8 Å². The van der Waals surface area contributed by atoms with Crippen LogP contribution in [0.25, 0.3) is 11.0 Å². The highest BCUT2D eigenvalue weighted by molar-refractivity contribution is 6.03. The number of aromatic nitrogens is 3. The van der Waals surface area contributed by atoms with Gasteiger partial charge in [0.2, 0.25) is 5.95 Å². The van der Waals surface area contributed by atoms with Crippen molar-refractivity contribution in [1.82, 2.24) is 14.7 Å². The van der Waals surface area contributed by atoms with E-state index < -0.39 is 0 Å². The Balaban J connectivity index is 1.67. The normalized spacial score (nSPS) is 16.8. The molecule has 2 heterocycles. The van der Waals surface area contributed by atoms with Crippen molar-refractivity contribution in [1.29, 1.82) is 0 Å². The first-order chi connectivity index (χ1) is 12.2. The summed E-state index contributed by atoms with van der Waals surface area (Å²) in [6.07, 6.45) is 3.73. The van der Waals surface area contributed by atoms with Crippen molar-refractivity contribution in [2.24, 2.45) is 5.92 Å². The third kappa shape index (κ3) is 2.81. The van der Waals surface area contributed by atoms with Gasteiger partial charge in [-0.1, -0.05) is 31.1 Å². The molecular formula is C19H22N4O2. The number of hydrogen-bond acceptors (Lipinski definition) is 4. The number of imidazole rings is 1. The molecule has 6 nitrogen and oxygen atoms in total. The van der Waals surface area contributed by atoms with E-state index in [0.29, 0.717) is 17.6 Å². The van der Waals surface area contributed by atoms with E-state index in [9.17, 15) is 4.79 Å². The van der Waals surface area contributed by atoms with Crippen LogP contribution in [0.4, 0.5) is 5.95 Å². The molecule has 1 aliphatic rings. The van der Waals surface area contributed by atoms with Crippen molar-refractivity contribution in [2.45, 2.75) is 46.1 Å². The van der Waals surface area contributed by atoms with E-state index >= 15 is 0 Å². The molecule has 1 unspecified atom stereocenters. The topological polar surface area (TPSA) is 73.0 Å². The number of carbonyl (C=O) groups excluding carboxylic acids is 1. The second-order valence-electron chi connectivity index (χ2n) is 6.81. The van der Waals surface area contributed by atoms with Crippen LogP contribution in [0, 0.1) is 5.92 Å². The van der Waals surface area contributed by atoms with Crippen molar-refractivity contribution in [2.75, 3.05) is 5.32 Å². The first-order valence-corrected chi connectivity index (χ1v) is 8.91. The highest BCUT2D eigenvalue weighted by Gasteiger charge is 2.27. The SMILES string of the molecule is CCCn1c(NC(=O)c2noc3c2CC(C)CC3)nc2ccccc21. The zero-order valence-corrected chi connectivity index (χ0v) is 14.6. The zero-order valence-electron chi connectivity index (χ0n) is 14.6. The largest absolute Gasteiger partial charge is 0.360 e. The predicted molar refractivity (Wildman–Crippen MR) is 95.7 cm³/mol. The lowest BCUT2D eigenvalue weighted by molar-refractivity contribution is 0.101. The molecule has 2 aromatic heterocycles. The van der Waals surface area contributed by atoms with E-state index in [4.69, 9.17) is 4.52 Å². The van der Waals surface area contributed by atoms with Gasteiger partial charge in [0.05, 0.1) is 11.0 Å². The van der Waals surface area contributed by atoms with Gasteiger partial charge in [0.15, 0.2) is 5.69 Å². The van der Waals surface area contributed by atoms with Crippen molar-refractivity contribution < 1.29 is 9.32 Å². The standard InChI is InChI=1S/C19H22N4O2/c1-3-10-23-15-7-5-4-6-14(15)20-19(23)21-18(24)17-13-11-12(2)8-9-16(13)25-22-17/h4-7,12H,3,8-11H2,1-2H3,(H,20,21,24). The number of hydrogen-bond donors (Lipinski definition) is 1. The second-order valence-corrected chi connectivity index (χ2v) is 6.81. The number of para-hydroxylation sites is 2. The Morgan fingerprint density at radius 3 is 3.08 bits per heavy atom. The van der Waals surface area contributed by atoms with Crippen LogP contribution in [-0.4, -0.2) is 20.6 Å². The molecule has 4 rings (SSSR count). The molecule has 1 atom stereocenters. The molecule has 0 saturated heterocycles. The summed E-state index contributed by atoms with van der Waals surface area (Å²) >= 11 is 0. The van der Waals surface area contributed by atoms with Crippen LogP contribution in [0.2, 0.25) is 0 Å². The molecule has 6 heteroatoms. The molecule has 1 aliphatic carbocycles. The van der Waals surface area contributed by atoms with Gasteiger partial charge in [-0.25, -0.2) is 4.98 Å². The van der Waals surface area contributed by atoms with Crippen LogP contribution in [0.1, 0.15) is 48.5 Å². The maximum Gasteiger partial charge on any atom is 0.280 e. The molecule has 130 valence electrons. The fourth-order valence-electron chi connectivity index (χ4n) is 3.54. The Hall–Kier alpha value is -2.63. The summed E-state index contributed by atoms with van der Waals surface area (Å²) in [4.78, 5) is 17.4. The quantitative estimate of drug-likeness (QED) is 0.785. The molecule has 0 aliphatic heterocycles. The summed E-state index contributed by atoms with van der Waals surface area (Å²) in [6, 6.07) is 7.91. The third-order valence-electron chi connectivity index (χ3n) is 4.83. The summed E-state index contributed by atoms with van der Waals surface area (Å²) in [6.45, 7) is 5.10. The van der Waals surface area contributed by atoms with Crippen LogP contribution >= 0.6 is 0 Å². The van der Waals surface area contributed by atoms with Crippen molar-refractivity contribution in [3.8, 4) is 0 Å². The molecular weight excluding hydrogens is 316 g/mol. The Labute approximate surface area is 146 Å². The average Bonchev–Trinajstić information content (AvgIpc) is 3.17. The Bertz CT molecular complexity index is 925. The van der Waals surface area contributed by atoms with Gasteiger partial charge in [-0.15, -0.1) is 0 Å². The van der Waals surface area contributed by atoms with Crippen molar-refractivity contribution in [3.05, 3.63) is 41.3 Å². The maximum atomic E-state index is 12.8. The number of nitrogens with zero attached hydrogens (tertiary/aromatic N) is 3. The van der Waals surface area contributed by atoms with E-state index in [2.05, 4.69) is 29.3 Å². The summed E-state index contributed by atoms with van der Waals surface area (Å²) < 4.78 is 7.44. The van der Waals surface area contributed by atoms with E-state index in [-0.39, 0.29) is 5.91 Å². The molecule has 0 radical (unpaired) electrons. The summed E-state index contributed by atoms with van der Waals surface area (Å²) in [5.74, 6) is 1.72. The van der Waals surface area contributed by atoms with Crippen LogP contribution in [0.3, 0.4) is 0 Å². The highest BCUT2D eigenvalue weighted by atomic mass is 16.5. The number of fused-ring (bicyclic) bond motifs is 2. The van der Waals surface area contributed by atoms with Crippen LogP contribution in [-0.2, 0) is 19.4 Å². The smallest absolute Gasteiger partial charge is 0.280 e. The zero-order chi connectivity index (χ0) is 17.4. The number of benzene rings is 1. The van der Waals surface area contributed by atoms with Gasteiger partial charge in [-0.2, -0.15) is 0 Å². The number of anilines is 1. The monoisotopic (exact) mass is 338 g/mol. The molecule has 1 amide bonds. The fraction of sp³-hybridized carbons (Fsp3) is 0.421. The summed E-state index contributed by atoms with van der Waals surface area (Å²) in [5.41, 5.74) is 3.25. The van der Waals surface area contributed by atoms with E-state index in [0.717, 1.165) is 54.6 Å². The van der Waals surface area contributed by atoms with E-state index in [1.54, 1.807) is 0 Å². The minimum Gasteiger partial charge on any atom is -0.360 e. The average molecular weight is 338 g/mol. The first kappa shape index (κ1) is 15.9. The minimum atomic E-state index is -0.244. The lowest BCUT2D eigenvalue weighted by atomic mass is 9.88. The minimum absolute atomic E-state index is 0.244. The van der Waals surface area contributed by atoms with Crippen molar-refractivity contribution in [3.63, 3.8) is 0 Å². The number of amides is 1. The molecule has 0 spiro atoms. The summed E-state index contributed by atoms with van der Waals surface area (Å²) in [7, 11) is 0. The van der Waals surface area contributed by atoms with Gasteiger partial charge in [0.25, 0.3) is 5.91 Å². The second kappa shape index (κ2) is 6.35. The van der Waals surface area contributed by atoms with Gasteiger partial charge >= 0.3 is 0 Å². The molecule has 25 heavy (non-hydrogen) atoms. The Morgan fingerprint density at radius 2 is 2.24 bits per heavy atom. The van der Waals surface area contributed by atoms with Gasteiger partial charge in [-0.05, 0) is 37.3 Å². The molecule has 1 N–H and O–H groups in total. The third-order valence-corrected chi connectivity index (χ3v) is 4.83. The lowest BCUT2D eigenvalue weighted by Crippen LogP contribution is -2.20. The molecule has 0 saturated carbocycles. The first-order valence-electron chi connectivity index (χ1n) is 8.91. The summed E-state index contributed by atoms with van der Waals surface area (Å²) in [5, 5.41) is 6.98. The molecule has 0 bridgehead atoms. The lowest BCUT2D eigenvalue weighted by Gasteiger charge is -2.16. The van der Waals surface area contributed by atoms with Gasteiger partial charge in [-0.3, -0.25) is 10.1 Å². The van der Waals surface area contributed by atoms with Crippen LogP contribution < -0.4 is 5.32 Å². The van der Waals surface area contributed by atoms with Gasteiger partial charge in [0.1, 0.15) is 5.76 Å². The van der Waals surface area contributed by atoms with Crippen LogP contribution in [0.15, 0.2) is 28.8 Å². The van der Waals surface area contributed by atoms with Crippen molar-refractivity contribution >= 4 is 22.9 Å². The molecule has 0 fully saturated rings. The molecule has 3 aromatic rings. The Morgan fingerprint density at radius 1 is 1.40 bits per heavy atom. The predicted octanol–water partition coefficient (Wildman–Crippen LogP) is 3.81.